The Morgan fingerprint density at radius 1 is 1.16 bits per heavy atom. The van der Waals surface area contributed by atoms with Gasteiger partial charge >= 0.3 is 0 Å². The van der Waals surface area contributed by atoms with Crippen LogP contribution in [-0.4, -0.2) is 13.2 Å². The number of rotatable bonds is 3. The molecule has 19 heavy (non-hydrogen) atoms. The lowest BCUT2D eigenvalue weighted by atomic mass is 9.97. The molecule has 0 saturated heterocycles. The molecule has 1 unspecified atom stereocenters. The molecule has 0 saturated carbocycles. The van der Waals surface area contributed by atoms with E-state index in [9.17, 15) is 0 Å². The van der Waals surface area contributed by atoms with Crippen LogP contribution in [0.4, 0.5) is 5.69 Å². The van der Waals surface area contributed by atoms with Gasteiger partial charge in [0.15, 0.2) is 0 Å². The summed E-state index contributed by atoms with van der Waals surface area (Å²) in [6.07, 6.45) is 1.16. The highest BCUT2D eigenvalue weighted by Crippen LogP contribution is 2.27. The van der Waals surface area contributed by atoms with Gasteiger partial charge in [-0.15, -0.1) is 0 Å². The molecular weight excluding hydrogens is 302 g/mol. The lowest BCUT2D eigenvalue weighted by Crippen LogP contribution is -2.22. The van der Waals surface area contributed by atoms with E-state index < -0.39 is 0 Å². The van der Waals surface area contributed by atoms with Crippen molar-refractivity contribution in [1.82, 2.24) is 0 Å². The van der Waals surface area contributed by atoms with E-state index in [1.165, 1.54) is 11.1 Å². The molecule has 0 aliphatic carbocycles. The standard InChI is InChI=1S/C16H16BrNO/c17-13-5-3-6-14(10-13)18-11-16-15-7-2-1-4-12(15)8-9-19-16/h1-7,10,16,18H,8-9,11H2. The Balaban J connectivity index is 1.71. The number of hydrogen-bond donors (Lipinski definition) is 1. The van der Waals surface area contributed by atoms with Crippen molar-refractivity contribution in [2.45, 2.75) is 12.5 Å². The van der Waals surface area contributed by atoms with E-state index in [4.69, 9.17) is 4.74 Å². The third kappa shape index (κ3) is 2.99. The third-order valence-electron chi connectivity index (χ3n) is 3.41. The maximum Gasteiger partial charge on any atom is 0.0999 e. The van der Waals surface area contributed by atoms with Crippen molar-refractivity contribution in [2.75, 3.05) is 18.5 Å². The number of benzene rings is 2. The molecule has 1 aliphatic heterocycles. The molecule has 1 aliphatic rings. The minimum Gasteiger partial charge on any atom is -0.382 e. The highest BCUT2D eigenvalue weighted by Gasteiger charge is 2.19. The normalized spacial score (nSPS) is 17.8. The number of ether oxygens (including phenoxy) is 1. The van der Waals surface area contributed by atoms with Crippen molar-refractivity contribution in [3.8, 4) is 0 Å². The number of anilines is 1. The third-order valence-corrected chi connectivity index (χ3v) is 3.90. The molecular formula is C16H16BrNO. The van der Waals surface area contributed by atoms with Gasteiger partial charge in [0, 0.05) is 16.7 Å². The molecule has 0 spiro atoms. The fourth-order valence-electron chi connectivity index (χ4n) is 2.45. The summed E-state index contributed by atoms with van der Waals surface area (Å²) in [5, 5.41) is 3.44. The zero-order valence-electron chi connectivity index (χ0n) is 10.6. The second-order valence-corrected chi connectivity index (χ2v) is 5.62. The van der Waals surface area contributed by atoms with Gasteiger partial charge in [-0.1, -0.05) is 46.3 Å². The van der Waals surface area contributed by atoms with Gasteiger partial charge in [-0.2, -0.15) is 0 Å². The molecule has 0 radical (unpaired) electrons. The quantitative estimate of drug-likeness (QED) is 0.917. The summed E-state index contributed by atoms with van der Waals surface area (Å²) in [5.41, 5.74) is 3.84. The first-order valence-electron chi connectivity index (χ1n) is 6.52. The van der Waals surface area contributed by atoms with E-state index in [0.717, 1.165) is 29.7 Å². The highest BCUT2D eigenvalue weighted by molar-refractivity contribution is 9.10. The number of halogens is 1. The van der Waals surface area contributed by atoms with Crippen LogP contribution >= 0.6 is 15.9 Å². The van der Waals surface area contributed by atoms with Gasteiger partial charge in [-0.3, -0.25) is 0 Å². The van der Waals surface area contributed by atoms with Crippen LogP contribution in [0.1, 0.15) is 17.2 Å². The maximum atomic E-state index is 5.88. The van der Waals surface area contributed by atoms with Crippen LogP contribution in [0.2, 0.25) is 0 Å². The Morgan fingerprint density at radius 3 is 2.95 bits per heavy atom. The lowest BCUT2D eigenvalue weighted by Gasteiger charge is -2.26. The van der Waals surface area contributed by atoms with Gasteiger partial charge in [0.05, 0.1) is 12.7 Å². The summed E-state index contributed by atoms with van der Waals surface area (Å²) in [6, 6.07) is 16.8. The zero-order valence-corrected chi connectivity index (χ0v) is 12.2. The first kappa shape index (κ1) is 12.7. The molecule has 1 atom stereocenters. The van der Waals surface area contributed by atoms with E-state index in [-0.39, 0.29) is 6.10 Å². The van der Waals surface area contributed by atoms with Gasteiger partial charge in [-0.05, 0) is 35.7 Å². The number of hydrogen-bond acceptors (Lipinski definition) is 2. The van der Waals surface area contributed by atoms with Gasteiger partial charge in [-0.25, -0.2) is 0 Å². The molecule has 0 bridgehead atoms. The minimum absolute atomic E-state index is 0.143. The fraction of sp³-hybridized carbons (Fsp3) is 0.250. The van der Waals surface area contributed by atoms with E-state index >= 15 is 0 Å². The first-order chi connectivity index (χ1) is 9.33. The average molecular weight is 318 g/mol. The van der Waals surface area contributed by atoms with E-state index in [0.29, 0.717) is 0 Å². The van der Waals surface area contributed by atoms with Crippen molar-refractivity contribution >= 4 is 21.6 Å². The van der Waals surface area contributed by atoms with Gasteiger partial charge in [0.25, 0.3) is 0 Å². The second-order valence-electron chi connectivity index (χ2n) is 4.70. The molecule has 2 nitrogen and oxygen atoms in total. The lowest BCUT2D eigenvalue weighted by molar-refractivity contribution is 0.0513. The summed E-state index contributed by atoms with van der Waals surface area (Å²) in [4.78, 5) is 0. The molecule has 1 heterocycles. The average Bonchev–Trinajstić information content (AvgIpc) is 2.45. The maximum absolute atomic E-state index is 5.88. The molecule has 0 aromatic heterocycles. The fourth-order valence-corrected chi connectivity index (χ4v) is 2.85. The Hall–Kier alpha value is -1.32. The molecule has 98 valence electrons. The molecule has 3 heteroatoms. The Labute approximate surface area is 121 Å². The minimum atomic E-state index is 0.143. The Kier molecular flexibility index (Phi) is 3.85. The Morgan fingerprint density at radius 2 is 2.05 bits per heavy atom. The summed E-state index contributed by atoms with van der Waals surface area (Å²) in [6.45, 7) is 1.61. The van der Waals surface area contributed by atoms with Crippen LogP contribution in [0.15, 0.2) is 53.0 Å². The molecule has 3 rings (SSSR count). The van der Waals surface area contributed by atoms with Crippen molar-refractivity contribution in [3.05, 3.63) is 64.1 Å². The van der Waals surface area contributed by atoms with Crippen LogP contribution < -0.4 is 5.32 Å². The smallest absolute Gasteiger partial charge is 0.0999 e. The largest absolute Gasteiger partial charge is 0.382 e. The van der Waals surface area contributed by atoms with Crippen molar-refractivity contribution in [3.63, 3.8) is 0 Å². The first-order valence-corrected chi connectivity index (χ1v) is 7.31. The summed E-state index contributed by atoms with van der Waals surface area (Å²) >= 11 is 3.48. The summed E-state index contributed by atoms with van der Waals surface area (Å²) < 4.78 is 6.97. The highest BCUT2D eigenvalue weighted by atomic mass is 79.9. The van der Waals surface area contributed by atoms with E-state index in [1.807, 2.05) is 12.1 Å². The molecule has 2 aromatic rings. The molecule has 0 amide bonds. The van der Waals surface area contributed by atoms with Gasteiger partial charge in [0.1, 0.15) is 0 Å². The van der Waals surface area contributed by atoms with Crippen molar-refractivity contribution in [2.24, 2.45) is 0 Å². The summed E-state index contributed by atoms with van der Waals surface area (Å²) in [5.74, 6) is 0. The summed E-state index contributed by atoms with van der Waals surface area (Å²) in [7, 11) is 0. The van der Waals surface area contributed by atoms with Gasteiger partial charge in [0.2, 0.25) is 0 Å². The van der Waals surface area contributed by atoms with Gasteiger partial charge < -0.3 is 10.1 Å². The zero-order chi connectivity index (χ0) is 13.1. The number of nitrogens with one attached hydrogen (secondary N) is 1. The van der Waals surface area contributed by atoms with E-state index in [1.54, 1.807) is 0 Å². The van der Waals surface area contributed by atoms with Crippen LogP contribution in [0.5, 0.6) is 0 Å². The van der Waals surface area contributed by atoms with Crippen LogP contribution in [-0.2, 0) is 11.2 Å². The SMILES string of the molecule is Brc1cccc(NCC2OCCc3ccccc32)c1. The Bertz CT molecular complexity index is 570. The monoisotopic (exact) mass is 317 g/mol. The van der Waals surface area contributed by atoms with Crippen LogP contribution in [0, 0.1) is 0 Å². The topological polar surface area (TPSA) is 21.3 Å². The van der Waals surface area contributed by atoms with E-state index in [2.05, 4.69) is 57.6 Å². The predicted octanol–water partition coefficient (Wildman–Crippen LogP) is 4.18. The second kappa shape index (κ2) is 5.76. The molecule has 0 fully saturated rings. The van der Waals surface area contributed by atoms with Crippen molar-refractivity contribution in [1.29, 1.82) is 0 Å². The molecule has 1 N–H and O–H groups in total. The number of fused-ring (bicyclic) bond motifs is 1. The molecule has 2 aromatic carbocycles. The predicted molar refractivity (Wildman–Crippen MR) is 81.5 cm³/mol. The van der Waals surface area contributed by atoms with Crippen LogP contribution in [0.25, 0.3) is 0 Å². The van der Waals surface area contributed by atoms with Crippen molar-refractivity contribution < 1.29 is 4.74 Å². The van der Waals surface area contributed by atoms with Crippen LogP contribution in [0.3, 0.4) is 0 Å².